The van der Waals surface area contributed by atoms with Crippen molar-refractivity contribution < 1.29 is 0 Å². The van der Waals surface area contributed by atoms with Crippen LogP contribution < -0.4 is 0 Å². The number of para-hydroxylation sites is 3. The molecule has 14 aromatic rings. The molecule has 1 aliphatic heterocycles. The van der Waals surface area contributed by atoms with Crippen molar-refractivity contribution in [2.45, 2.75) is 6.42 Å². The SMILES string of the molecule is C=C1/C=C(c2cc3c(cc2-n2c4ccccc4c4cc5ccccc5cc42)sc2ccc4ccccc4c23)\N=C(\c2ccc(-c3ccccc3)cc2)C/C=C\1c1cccc2c1c1ccccc1n2-c1ccccc1. The van der Waals surface area contributed by atoms with Crippen molar-refractivity contribution in [3.8, 4) is 22.5 Å². The van der Waals surface area contributed by atoms with Crippen molar-refractivity contribution >= 4 is 114 Å². The van der Waals surface area contributed by atoms with E-state index in [9.17, 15) is 0 Å². The lowest BCUT2D eigenvalue weighted by Crippen LogP contribution is -2.06. The number of allylic oxidation sites excluding steroid dienone is 4. The highest BCUT2D eigenvalue weighted by Gasteiger charge is 2.24. The molecule has 74 heavy (non-hydrogen) atoms. The second-order valence-corrected chi connectivity index (χ2v) is 20.5. The quantitative estimate of drug-likeness (QED) is 0.158. The first-order chi connectivity index (χ1) is 36.6. The van der Waals surface area contributed by atoms with E-state index in [1.54, 1.807) is 0 Å². The van der Waals surface area contributed by atoms with Gasteiger partial charge >= 0.3 is 0 Å². The van der Waals surface area contributed by atoms with Crippen LogP contribution in [0.1, 0.15) is 23.1 Å². The largest absolute Gasteiger partial charge is 0.309 e. The van der Waals surface area contributed by atoms with Crippen LogP contribution in [0.5, 0.6) is 0 Å². The molecule has 4 heterocycles. The number of rotatable bonds is 6. The molecular weight excluding hydrogens is 915 g/mol. The summed E-state index contributed by atoms with van der Waals surface area (Å²) in [4.78, 5) is 5.89. The summed E-state index contributed by atoms with van der Waals surface area (Å²) in [6, 6.07) is 86.4. The van der Waals surface area contributed by atoms with Gasteiger partial charge in [0.05, 0.1) is 39.2 Å². The van der Waals surface area contributed by atoms with Gasteiger partial charge in [0, 0.05) is 59.4 Å². The smallest absolute Gasteiger partial charge is 0.0732 e. The van der Waals surface area contributed by atoms with Gasteiger partial charge in [-0.05, 0) is 122 Å². The molecule has 3 aromatic heterocycles. The van der Waals surface area contributed by atoms with Crippen LogP contribution in [0.15, 0.2) is 266 Å². The molecule has 4 heteroatoms. The van der Waals surface area contributed by atoms with E-state index in [4.69, 9.17) is 11.6 Å². The molecule has 0 fully saturated rings. The third kappa shape index (κ3) is 6.69. The topological polar surface area (TPSA) is 22.2 Å². The van der Waals surface area contributed by atoms with E-state index >= 15 is 0 Å². The lowest BCUT2D eigenvalue weighted by Gasteiger charge is -2.20. The molecule has 0 saturated carbocycles. The van der Waals surface area contributed by atoms with Gasteiger partial charge in [0.1, 0.15) is 0 Å². The fourth-order valence-electron chi connectivity index (χ4n) is 11.9. The molecule has 0 spiro atoms. The Bertz CT molecular complexity index is 4730. The fraction of sp³-hybridized carbons (Fsp3) is 0.0143. The number of benzene rings is 11. The molecule has 0 aliphatic carbocycles. The van der Waals surface area contributed by atoms with Gasteiger partial charge < -0.3 is 9.13 Å². The maximum atomic E-state index is 5.89. The van der Waals surface area contributed by atoms with Crippen molar-refractivity contribution in [2.75, 3.05) is 0 Å². The summed E-state index contributed by atoms with van der Waals surface area (Å²) in [7, 11) is 0. The highest BCUT2D eigenvalue weighted by atomic mass is 32.1. The second kappa shape index (κ2) is 16.9. The number of thiophene rings is 1. The van der Waals surface area contributed by atoms with Gasteiger partial charge in [-0.15, -0.1) is 11.3 Å². The van der Waals surface area contributed by atoms with Crippen LogP contribution in [0.3, 0.4) is 0 Å². The van der Waals surface area contributed by atoms with E-state index in [0.29, 0.717) is 6.42 Å². The summed E-state index contributed by atoms with van der Waals surface area (Å²) in [6.45, 7) is 4.99. The van der Waals surface area contributed by atoms with Crippen LogP contribution in [0.2, 0.25) is 0 Å². The van der Waals surface area contributed by atoms with Crippen molar-refractivity contribution in [2.24, 2.45) is 4.99 Å². The zero-order valence-electron chi connectivity index (χ0n) is 40.3. The van der Waals surface area contributed by atoms with Crippen molar-refractivity contribution in [1.82, 2.24) is 9.13 Å². The highest BCUT2D eigenvalue weighted by Crippen LogP contribution is 2.46. The van der Waals surface area contributed by atoms with E-state index in [1.165, 1.54) is 79.9 Å². The Balaban J connectivity index is 1.03. The summed E-state index contributed by atoms with van der Waals surface area (Å²) in [6.07, 6.45) is 5.22. The third-order valence-corrected chi connectivity index (χ3v) is 16.4. The van der Waals surface area contributed by atoms with Gasteiger partial charge in [0.15, 0.2) is 0 Å². The number of nitrogens with zero attached hydrogens (tertiary/aromatic N) is 3. The zero-order chi connectivity index (χ0) is 48.9. The standard InChI is InChI=1S/C70H45N3S/c1-44-39-61(58-42-59-68(74-67-38-35-47-19-10-11-24-53(47)70(59)67)43-66(58)73-62-28-14-12-25-54(62)57-40-49-20-8-9-21-50(49)41-65(57)73)71-60(48-33-31-46(32-34-48)45-17-4-2-5-18-45)37-36-52(44)55-27-16-30-64-69(55)56-26-13-15-29-63(56)72(64)51-22-6-3-7-23-51/h2-36,38-43H,1,37H2/b52-36+,61-39-,71-60+. The fourth-order valence-corrected chi connectivity index (χ4v) is 13.0. The predicted molar refractivity (Wildman–Crippen MR) is 318 cm³/mol. The Morgan fingerprint density at radius 1 is 0.405 bits per heavy atom. The monoisotopic (exact) mass is 959 g/mol. The van der Waals surface area contributed by atoms with Crippen LogP contribution >= 0.6 is 11.3 Å². The Kier molecular flexibility index (Phi) is 9.66. The number of hydrogen-bond acceptors (Lipinski definition) is 2. The maximum Gasteiger partial charge on any atom is 0.0732 e. The zero-order valence-corrected chi connectivity index (χ0v) is 41.2. The summed E-state index contributed by atoms with van der Waals surface area (Å²) in [5, 5.41) is 12.3. The molecule has 346 valence electrons. The van der Waals surface area contributed by atoms with Gasteiger partial charge in [0.2, 0.25) is 0 Å². The summed E-state index contributed by atoms with van der Waals surface area (Å²) in [5.74, 6) is 0. The first-order valence-electron chi connectivity index (χ1n) is 25.3. The Morgan fingerprint density at radius 2 is 1.04 bits per heavy atom. The van der Waals surface area contributed by atoms with Crippen molar-refractivity contribution in [3.63, 3.8) is 0 Å². The average Bonchev–Trinajstić information content (AvgIpc) is 4.13. The van der Waals surface area contributed by atoms with Gasteiger partial charge in [-0.3, -0.25) is 4.99 Å². The molecule has 1 aliphatic rings. The summed E-state index contributed by atoms with van der Waals surface area (Å²) in [5.41, 5.74) is 16.3. The molecular formula is C70H45N3S. The Hall–Kier alpha value is -9.35. The van der Waals surface area contributed by atoms with Crippen molar-refractivity contribution in [1.29, 1.82) is 0 Å². The molecule has 0 unspecified atom stereocenters. The summed E-state index contributed by atoms with van der Waals surface area (Å²) >= 11 is 1.86. The number of fused-ring (bicyclic) bond motifs is 12. The number of aromatic nitrogens is 2. The molecule has 15 rings (SSSR count). The van der Waals surface area contributed by atoms with Crippen LogP contribution in [0.25, 0.3) is 119 Å². The van der Waals surface area contributed by atoms with E-state index < -0.39 is 0 Å². The number of hydrogen-bond donors (Lipinski definition) is 0. The first-order valence-corrected chi connectivity index (χ1v) is 26.2. The second-order valence-electron chi connectivity index (χ2n) is 19.5. The van der Waals surface area contributed by atoms with E-state index in [0.717, 1.165) is 67.2 Å². The average molecular weight is 960 g/mol. The minimum absolute atomic E-state index is 0.592. The van der Waals surface area contributed by atoms with E-state index in [2.05, 4.69) is 258 Å². The molecule has 3 nitrogen and oxygen atoms in total. The molecule has 0 bridgehead atoms. The van der Waals surface area contributed by atoms with E-state index in [-0.39, 0.29) is 0 Å². The molecule has 0 atom stereocenters. The number of aliphatic imine (C=N–C) groups is 1. The predicted octanol–water partition coefficient (Wildman–Crippen LogP) is 19.1. The van der Waals surface area contributed by atoms with Crippen LogP contribution in [-0.2, 0) is 0 Å². The minimum Gasteiger partial charge on any atom is -0.309 e. The van der Waals surface area contributed by atoms with Crippen LogP contribution in [0, 0.1) is 0 Å². The molecule has 0 N–H and O–H groups in total. The molecule has 0 radical (unpaired) electrons. The van der Waals surface area contributed by atoms with Gasteiger partial charge in [-0.2, -0.15) is 0 Å². The van der Waals surface area contributed by atoms with Gasteiger partial charge in [-0.1, -0.05) is 189 Å². The maximum absolute atomic E-state index is 5.89. The van der Waals surface area contributed by atoms with Crippen molar-refractivity contribution in [3.05, 3.63) is 278 Å². The summed E-state index contributed by atoms with van der Waals surface area (Å²) < 4.78 is 7.39. The first kappa shape index (κ1) is 42.3. The molecule has 0 amide bonds. The van der Waals surface area contributed by atoms with Gasteiger partial charge in [0.25, 0.3) is 0 Å². The normalized spacial score (nSPS) is 15.5. The Labute approximate surface area is 431 Å². The Morgan fingerprint density at radius 3 is 1.84 bits per heavy atom. The van der Waals surface area contributed by atoms with E-state index in [1.807, 2.05) is 11.3 Å². The van der Waals surface area contributed by atoms with Crippen LogP contribution in [0.4, 0.5) is 0 Å². The highest BCUT2D eigenvalue weighted by molar-refractivity contribution is 7.26. The minimum atomic E-state index is 0.592. The van der Waals surface area contributed by atoms with Crippen LogP contribution in [-0.4, -0.2) is 14.8 Å². The lowest BCUT2D eigenvalue weighted by atomic mass is 9.90. The third-order valence-electron chi connectivity index (χ3n) is 15.3. The van der Waals surface area contributed by atoms with Gasteiger partial charge in [-0.25, -0.2) is 0 Å². The lowest BCUT2D eigenvalue weighted by molar-refractivity contribution is 1.17. The molecule has 11 aromatic carbocycles. The molecule has 0 saturated heterocycles.